The third kappa shape index (κ3) is 4.53. The van der Waals surface area contributed by atoms with Gasteiger partial charge in [-0.05, 0) is 13.0 Å². The number of hydrogen-bond donors (Lipinski definition) is 3. The average molecular weight is 247 g/mol. The lowest BCUT2D eigenvalue weighted by atomic mass is 10.3. The fraction of sp³-hybridized carbons (Fsp3) is 0.250. The molecule has 1 aromatic heterocycles. The van der Waals surface area contributed by atoms with E-state index in [4.69, 9.17) is 5.11 Å². The number of anilines is 1. The Bertz CT molecular complexity index is 503. The van der Waals surface area contributed by atoms with Crippen LogP contribution in [0.2, 0.25) is 0 Å². The highest BCUT2D eigenvalue weighted by atomic mass is 16.4. The highest BCUT2D eigenvalue weighted by molar-refractivity contribution is 5.92. The molecule has 0 aliphatic rings. The Morgan fingerprint density at radius 2 is 2.22 bits per heavy atom. The van der Waals surface area contributed by atoms with Gasteiger partial charge in [0.05, 0.1) is 17.4 Å². The molecule has 0 saturated carbocycles. The molecule has 0 aromatic carbocycles. The Hall–Kier alpha value is -2.55. The van der Waals surface area contributed by atoms with E-state index in [-0.39, 0.29) is 5.56 Å². The molecule has 6 nitrogen and oxygen atoms in total. The van der Waals surface area contributed by atoms with Gasteiger partial charge >= 0.3 is 12.0 Å². The molecule has 0 bridgehead atoms. The molecule has 0 radical (unpaired) electrons. The van der Waals surface area contributed by atoms with Crippen LogP contribution in [-0.4, -0.2) is 28.6 Å². The van der Waals surface area contributed by atoms with Gasteiger partial charge < -0.3 is 15.7 Å². The molecule has 1 aromatic rings. The van der Waals surface area contributed by atoms with E-state index in [9.17, 15) is 9.59 Å². The van der Waals surface area contributed by atoms with Gasteiger partial charge in [0, 0.05) is 19.2 Å². The minimum absolute atomic E-state index is 0.0182. The third-order valence-corrected chi connectivity index (χ3v) is 1.96. The highest BCUT2D eigenvalue weighted by Gasteiger charge is 2.06. The van der Waals surface area contributed by atoms with Crippen LogP contribution < -0.4 is 10.6 Å². The van der Waals surface area contributed by atoms with Crippen molar-refractivity contribution in [1.82, 2.24) is 10.3 Å². The average Bonchev–Trinajstić information content (AvgIpc) is 2.35. The number of nitrogens with zero attached hydrogens (tertiary/aromatic N) is 1. The van der Waals surface area contributed by atoms with Crippen LogP contribution in [0.3, 0.4) is 0 Å². The number of amides is 2. The van der Waals surface area contributed by atoms with E-state index in [0.717, 1.165) is 0 Å². The topological polar surface area (TPSA) is 91.3 Å². The summed E-state index contributed by atoms with van der Waals surface area (Å²) in [6, 6.07) is 0.915. The van der Waals surface area contributed by atoms with Gasteiger partial charge in [0.1, 0.15) is 0 Å². The number of rotatable bonds is 4. The number of carboxylic acid groups (broad SMARTS) is 1. The van der Waals surface area contributed by atoms with Crippen molar-refractivity contribution in [1.29, 1.82) is 0 Å². The largest absolute Gasteiger partial charge is 0.478 e. The smallest absolute Gasteiger partial charge is 0.337 e. The molecule has 0 saturated heterocycles. The predicted molar refractivity (Wildman–Crippen MR) is 66.3 cm³/mol. The lowest BCUT2D eigenvalue weighted by molar-refractivity contribution is 0.0696. The lowest BCUT2D eigenvalue weighted by Crippen LogP contribution is -2.29. The molecule has 0 spiro atoms. The van der Waals surface area contributed by atoms with Gasteiger partial charge in [-0.25, -0.2) is 9.59 Å². The molecule has 18 heavy (non-hydrogen) atoms. The lowest BCUT2D eigenvalue weighted by Gasteiger charge is -2.06. The van der Waals surface area contributed by atoms with Crippen LogP contribution in [0.1, 0.15) is 23.7 Å². The fourth-order valence-electron chi connectivity index (χ4n) is 1.16. The van der Waals surface area contributed by atoms with Crippen LogP contribution in [0.25, 0.3) is 0 Å². The van der Waals surface area contributed by atoms with Crippen molar-refractivity contribution in [2.75, 3.05) is 11.9 Å². The Balaban J connectivity index is 2.50. The Labute approximate surface area is 104 Å². The van der Waals surface area contributed by atoms with Crippen LogP contribution in [0.15, 0.2) is 18.5 Å². The molecule has 0 unspecified atom stereocenters. The molecule has 6 heteroatoms. The van der Waals surface area contributed by atoms with Crippen molar-refractivity contribution < 1.29 is 14.7 Å². The molecule has 3 N–H and O–H groups in total. The summed E-state index contributed by atoms with van der Waals surface area (Å²) >= 11 is 0. The fourth-order valence-corrected chi connectivity index (χ4v) is 1.16. The maximum absolute atomic E-state index is 11.4. The number of hydrogen-bond acceptors (Lipinski definition) is 3. The van der Waals surface area contributed by atoms with Crippen LogP contribution >= 0.6 is 0 Å². The maximum Gasteiger partial charge on any atom is 0.337 e. The second-order valence-corrected chi connectivity index (χ2v) is 3.33. The van der Waals surface area contributed by atoms with E-state index in [2.05, 4.69) is 27.5 Å². The number of nitrogens with one attached hydrogen (secondary N) is 2. The first-order valence-corrected chi connectivity index (χ1v) is 5.26. The monoisotopic (exact) mass is 247 g/mol. The Kier molecular flexibility index (Phi) is 5.19. The summed E-state index contributed by atoms with van der Waals surface area (Å²) in [7, 11) is 0. The summed E-state index contributed by atoms with van der Waals surface area (Å²) in [6.07, 6.45) is 3.15. The molecule has 0 atom stereocenters. The first-order valence-electron chi connectivity index (χ1n) is 5.26. The van der Waals surface area contributed by atoms with E-state index in [0.29, 0.717) is 18.7 Å². The van der Waals surface area contributed by atoms with Gasteiger partial charge in [-0.15, -0.1) is 11.8 Å². The van der Waals surface area contributed by atoms with E-state index in [1.807, 2.05) is 0 Å². The van der Waals surface area contributed by atoms with E-state index < -0.39 is 12.0 Å². The molecule has 0 aliphatic heterocycles. The van der Waals surface area contributed by atoms with Crippen LogP contribution in [0, 0.1) is 11.8 Å². The zero-order valence-electron chi connectivity index (χ0n) is 9.86. The summed E-state index contributed by atoms with van der Waals surface area (Å²) in [5, 5.41) is 13.8. The van der Waals surface area contributed by atoms with Gasteiger partial charge in [-0.2, -0.15) is 0 Å². The summed E-state index contributed by atoms with van der Waals surface area (Å²) in [5.74, 6) is 4.43. The molecule has 1 rings (SSSR count). The van der Waals surface area contributed by atoms with Crippen molar-refractivity contribution in [3.05, 3.63) is 24.0 Å². The van der Waals surface area contributed by atoms with Crippen molar-refractivity contribution in [2.45, 2.75) is 13.3 Å². The number of carbonyl (C=O) groups excluding carboxylic acids is 1. The number of aromatic nitrogens is 1. The predicted octanol–water partition coefficient (Wildman–Crippen LogP) is 1.31. The van der Waals surface area contributed by atoms with E-state index in [1.54, 1.807) is 6.92 Å². The molecule has 1 heterocycles. The maximum atomic E-state index is 11.4. The van der Waals surface area contributed by atoms with Crippen molar-refractivity contribution in [2.24, 2.45) is 0 Å². The zero-order chi connectivity index (χ0) is 13.4. The number of aromatic carboxylic acids is 1. The molecule has 94 valence electrons. The summed E-state index contributed by atoms with van der Waals surface area (Å²) in [6.45, 7) is 2.15. The number of urea groups is 1. The Morgan fingerprint density at radius 3 is 2.89 bits per heavy atom. The van der Waals surface area contributed by atoms with E-state index >= 15 is 0 Å². The number of pyridine rings is 1. The molecule has 2 amide bonds. The van der Waals surface area contributed by atoms with Crippen LogP contribution in [-0.2, 0) is 0 Å². The van der Waals surface area contributed by atoms with Crippen LogP contribution in [0.4, 0.5) is 10.5 Å². The van der Waals surface area contributed by atoms with Crippen molar-refractivity contribution >= 4 is 17.7 Å². The zero-order valence-corrected chi connectivity index (χ0v) is 9.86. The van der Waals surface area contributed by atoms with Crippen LogP contribution in [0.5, 0.6) is 0 Å². The first-order chi connectivity index (χ1) is 8.63. The third-order valence-electron chi connectivity index (χ3n) is 1.96. The summed E-state index contributed by atoms with van der Waals surface area (Å²) in [4.78, 5) is 25.8. The summed E-state index contributed by atoms with van der Waals surface area (Å²) in [5.41, 5.74) is 0.346. The molecule has 0 aliphatic carbocycles. The van der Waals surface area contributed by atoms with Gasteiger partial charge in [0.15, 0.2) is 0 Å². The minimum atomic E-state index is -1.09. The second-order valence-electron chi connectivity index (χ2n) is 3.33. The molecule has 0 fully saturated rings. The second kappa shape index (κ2) is 6.91. The minimum Gasteiger partial charge on any atom is -0.478 e. The normalized spacial score (nSPS) is 8.94. The quantitative estimate of drug-likeness (QED) is 0.552. The van der Waals surface area contributed by atoms with E-state index in [1.165, 1.54) is 18.5 Å². The Morgan fingerprint density at radius 1 is 1.44 bits per heavy atom. The number of carboxylic acids is 1. The SMILES string of the molecule is CC#CCCNC(=O)Nc1cncc(C(=O)O)c1. The first kappa shape index (κ1) is 13.5. The summed E-state index contributed by atoms with van der Waals surface area (Å²) < 4.78 is 0. The molecular weight excluding hydrogens is 234 g/mol. The molecular formula is C12H13N3O3. The highest BCUT2D eigenvalue weighted by Crippen LogP contribution is 2.07. The standard InChI is InChI=1S/C12H13N3O3/c1-2-3-4-5-14-12(18)15-10-6-9(11(16)17)7-13-8-10/h6-8H,4-5H2,1H3,(H,16,17)(H2,14,15,18). The van der Waals surface area contributed by atoms with Gasteiger partial charge in [-0.3, -0.25) is 4.98 Å². The number of carbonyl (C=O) groups is 2. The van der Waals surface area contributed by atoms with Crippen molar-refractivity contribution in [3.63, 3.8) is 0 Å². The van der Waals surface area contributed by atoms with Gasteiger partial charge in [-0.1, -0.05) is 0 Å². The van der Waals surface area contributed by atoms with Gasteiger partial charge in [0.25, 0.3) is 0 Å². The van der Waals surface area contributed by atoms with Gasteiger partial charge in [0.2, 0.25) is 0 Å². The van der Waals surface area contributed by atoms with Crippen molar-refractivity contribution in [3.8, 4) is 11.8 Å².